The molecule has 3 aromatic heterocycles. The van der Waals surface area contributed by atoms with E-state index < -0.39 is 0 Å². The van der Waals surface area contributed by atoms with Crippen molar-refractivity contribution in [2.24, 2.45) is 0 Å². The van der Waals surface area contributed by atoms with Gasteiger partial charge in [0.25, 0.3) is 0 Å². The molecule has 3 nitrogen and oxygen atoms in total. The first-order valence-corrected chi connectivity index (χ1v) is 23.0. The van der Waals surface area contributed by atoms with E-state index in [1.807, 2.05) is 17.4 Å². The Morgan fingerprint density at radius 3 is 1.67 bits per heavy atom. The van der Waals surface area contributed by atoms with E-state index in [0.29, 0.717) is 0 Å². The Morgan fingerprint density at radius 2 is 0.938 bits per heavy atom. The second kappa shape index (κ2) is 14.8. The summed E-state index contributed by atoms with van der Waals surface area (Å²) in [6.07, 6.45) is 0. The summed E-state index contributed by atoms with van der Waals surface area (Å²) in [6.45, 7) is 0. The maximum absolute atomic E-state index is 5.30. The molecule has 0 bridgehead atoms. The molecule has 0 saturated heterocycles. The number of fused-ring (bicyclic) bond motifs is 8. The van der Waals surface area contributed by atoms with Gasteiger partial charge < -0.3 is 4.57 Å². The lowest BCUT2D eigenvalue weighted by molar-refractivity contribution is 1.19. The Labute approximate surface area is 381 Å². The molecular weight excluding hydrogens is 788 g/mol. The molecule has 3 heterocycles. The largest absolute Gasteiger partial charge is 0.309 e. The molecule has 0 amide bonds. The van der Waals surface area contributed by atoms with Gasteiger partial charge >= 0.3 is 0 Å². The van der Waals surface area contributed by atoms with Gasteiger partial charge in [-0.15, -0.1) is 11.3 Å². The number of aromatic nitrogens is 3. The Kier molecular flexibility index (Phi) is 8.93. The molecule has 294 valence electrons. The minimum Gasteiger partial charge on any atom is -0.309 e. The molecule has 0 atom stereocenters. The van der Waals surface area contributed by atoms with Gasteiger partial charge in [-0.2, -0.15) is 0 Å². The molecule has 0 N–H and O–H groups in total. The summed E-state index contributed by atoms with van der Waals surface area (Å²) in [5.74, 6) is 0.740. The Hall–Kier alpha value is -7.01. The maximum atomic E-state index is 5.30. The SMILES string of the molecule is Bc1c(-c2ccc3cc(-n4c5ccccc5c5cc6ccccc6cc54)ccc3c2)c(B)c2sc3c(B)c(-c4cc(-c5ccccc5)nc(-c5ccccc5)n4)c(B)c(B)c3c2c1B. The van der Waals surface area contributed by atoms with E-state index in [0.717, 1.165) is 28.3 Å². The molecule has 0 unspecified atom stereocenters. The van der Waals surface area contributed by atoms with Gasteiger partial charge in [-0.05, 0) is 91.5 Å². The summed E-state index contributed by atoms with van der Waals surface area (Å²) in [5, 5.41) is 10.3. The van der Waals surface area contributed by atoms with Gasteiger partial charge in [0.15, 0.2) is 5.82 Å². The van der Waals surface area contributed by atoms with Crippen molar-refractivity contribution in [2.75, 3.05) is 0 Å². The maximum Gasteiger partial charge on any atom is 0.160 e. The average Bonchev–Trinajstić information content (AvgIpc) is 3.90. The van der Waals surface area contributed by atoms with Crippen LogP contribution in [-0.2, 0) is 0 Å². The van der Waals surface area contributed by atoms with Crippen LogP contribution in [0.15, 0.2) is 164 Å². The first kappa shape index (κ1) is 38.6. The quantitative estimate of drug-likeness (QED) is 0.240. The zero-order valence-corrected chi connectivity index (χ0v) is 37.7. The number of rotatable bonds is 5. The number of hydrogen-bond acceptors (Lipinski definition) is 3. The fourth-order valence-electron chi connectivity index (χ4n) is 10.5. The van der Waals surface area contributed by atoms with Gasteiger partial charge in [-0.1, -0.05) is 154 Å². The van der Waals surface area contributed by atoms with Crippen molar-refractivity contribution in [1.29, 1.82) is 0 Å². The summed E-state index contributed by atoms with van der Waals surface area (Å²) >= 11 is 1.94. The molecule has 12 aromatic rings. The van der Waals surface area contributed by atoms with Gasteiger partial charge in [0, 0.05) is 37.0 Å². The molecule has 0 radical (unpaired) electrons. The van der Waals surface area contributed by atoms with Gasteiger partial charge in [0.05, 0.1) is 22.4 Å². The molecule has 0 spiro atoms. The van der Waals surface area contributed by atoms with Gasteiger partial charge in [0.1, 0.15) is 47.1 Å². The van der Waals surface area contributed by atoms with Crippen LogP contribution in [0.1, 0.15) is 0 Å². The van der Waals surface area contributed by atoms with E-state index in [2.05, 4.69) is 209 Å². The summed E-state index contributed by atoms with van der Waals surface area (Å²) in [6, 6.07) is 59.2. The van der Waals surface area contributed by atoms with Crippen LogP contribution in [0.25, 0.3) is 114 Å². The van der Waals surface area contributed by atoms with Gasteiger partial charge in [0.2, 0.25) is 0 Å². The molecule has 0 fully saturated rings. The van der Waals surface area contributed by atoms with Crippen LogP contribution in [0.5, 0.6) is 0 Å². The average molecular weight is 827 g/mol. The second-order valence-corrected chi connectivity index (χ2v) is 18.5. The lowest BCUT2D eigenvalue weighted by atomic mass is 9.66. The molecular formula is C54H39B6N3S. The third-order valence-corrected chi connectivity index (χ3v) is 15.4. The molecule has 0 aliphatic heterocycles. The van der Waals surface area contributed by atoms with E-state index >= 15 is 0 Å². The zero-order valence-electron chi connectivity index (χ0n) is 36.8. The van der Waals surface area contributed by atoms with Crippen LogP contribution >= 0.6 is 11.3 Å². The standard InChI is InChI=1S/C54H39B6N3S/c55-46-42(34-20-19-33-24-35(22-21-32(33)23-34)63-40-18-10-9-17-36(40)37-25-30-15-7-8-16-31(30)26-41(37)63)50(59)52-44(48(46)57)45-49(58)47(56)43(51(60)53(45)64-52)39-27-38(28-11-3-1-4-12-28)61-54(62-39)29-13-5-2-6-14-29/h1-27H,55-60H2. The first-order valence-electron chi connectivity index (χ1n) is 22.2. The number of benzene rings is 9. The number of nitrogens with zero attached hydrogens (tertiary/aromatic N) is 3. The van der Waals surface area contributed by atoms with E-state index in [-0.39, 0.29) is 0 Å². The van der Waals surface area contributed by atoms with Crippen LogP contribution in [0.4, 0.5) is 0 Å². The van der Waals surface area contributed by atoms with Crippen molar-refractivity contribution >= 4 is 155 Å². The smallest absolute Gasteiger partial charge is 0.160 e. The minimum atomic E-state index is 0.740. The number of thiophene rings is 1. The van der Waals surface area contributed by atoms with Crippen LogP contribution in [0, 0.1) is 0 Å². The van der Waals surface area contributed by atoms with Crippen LogP contribution < -0.4 is 32.8 Å². The molecule has 9 aromatic carbocycles. The summed E-state index contributed by atoms with van der Waals surface area (Å²) in [5.41, 5.74) is 19.3. The molecule has 0 aliphatic carbocycles. The minimum absolute atomic E-state index is 0.740. The summed E-state index contributed by atoms with van der Waals surface area (Å²) < 4.78 is 5.13. The highest BCUT2D eigenvalue weighted by molar-refractivity contribution is 7.28. The lowest BCUT2D eigenvalue weighted by Crippen LogP contribution is -2.37. The summed E-state index contributed by atoms with van der Waals surface area (Å²) in [7, 11) is 13.9. The Morgan fingerprint density at radius 1 is 0.375 bits per heavy atom. The highest BCUT2D eigenvalue weighted by Crippen LogP contribution is 2.37. The fourth-order valence-corrected chi connectivity index (χ4v) is 12.0. The summed E-state index contributed by atoms with van der Waals surface area (Å²) in [4.78, 5) is 10.4. The highest BCUT2D eigenvalue weighted by Gasteiger charge is 2.24. The first-order chi connectivity index (χ1) is 31.2. The molecule has 64 heavy (non-hydrogen) atoms. The normalized spacial score (nSPS) is 11.8. The highest BCUT2D eigenvalue weighted by atomic mass is 32.1. The number of para-hydroxylation sites is 1. The Bertz CT molecular complexity index is 3860. The van der Waals surface area contributed by atoms with E-state index in [1.165, 1.54) is 119 Å². The van der Waals surface area contributed by atoms with Crippen LogP contribution in [0.3, 0.4) is 0 Å². The van der Waals surface area contributed by atoms with Crippen molar-refractivity contribution in [3.05, 3.63) is 164 Å². The van der Waals surface area contributed by atoms with E-state index in [1.54, 1.807) is 0 Å². The molecule has 0 saturated carbocycles. The van der Waals surface area contributed by atoms with Crippen molar-refractivity contribution in [3.63, 3.8) is 0 Å². The topological polar surface area (TPSA) is 30.7 Å². The molecule has 10 heteroatoms. The predicted molar refractivity (Wildman–Crippen MR) is 295 cm³/mol. The van der Waals surface area contributed by atoms with Crippen molar-refractivity contribution < 1.29 is 0 Å². The third-order valence-electron chi connectivity index (χ3n) is 14.0. The predicted octanol–water partition coefficient (Wildman–Crippen LogP) is 4.47. The molecule has 0 aliphatic rings. The van der Waals surface area contributed by atoms with Gasteiger partial charge in [-0.25, -0.2) is 9.97 Å². The molecule has 12 rings (SSSR count). The van der Waals surface area contributed by atoms with Crippen LogP contribution in [-0.4, -0.2) is 61.6 Å². The third kappa shape index (κ3) is 5.89. The second-order valence-electron chi connectivity index (χ2n) is 17.5. The van der Waals surface area contributed by atoms with Crippen LogP contribution in [0.2, 0.25) is 0 Å². The van der Waals surface area contributed by atoms with Crippen molar-refractivity contribution in [1.82, 2.24) is 14.5 Å². The van der Waals surface area contributed by atoms with Gasteiger partial charge in [-0.3, -0.25) is 0 Å². The van der Waals surface area contributed by atoms with E-state index in [9.17, 15) is 0 Å². The zero-order chi connectivity index (χ0) is 43.4. The number of hydrogen-bond donors (Lipinski definition) is 0. The van der Waals surface area contributed by atoms with E-state index in [4.69, 9.17) is 9.97 Å². The van der Waals surface area contributed by atoms with Crippen molar-refractivity contribution in [2.45, 2.75) is 0 Å². The van der Waals surface area contributed by atoms with Crippen molar-refractivity contribution in [3.8, 4) is 50.7 Å². The Balaban J connectivity index is 0.998. The fraction of sp³-hybridized carbons (Fsp3) is 0. The lowest BCUT2D eigenvalue weighted by Gasteiger charge is -2.19. The monoisotopic (exact) mass is 827 g/mol.